The van der Waals surface area contributed by atoms with Crippen LogP contribution in [0, 0.1) is 0 Å². The van der Waals surface area contributed by atoms with Crippen LogP contribution in [0.2, 0.25) is 0 Å². The lowest BCUT2D eigenvalue weighted by atomic mass is 10.1. The minimum Gasteiger partial charge on any atom is -0.463 e. The average Bonchev–Trinajstić information content (AvgIpc) is 2.35. The fourth-order valence-corrected chi connectivity index (χ4v) is 1.30. The molecule has 0 saturated carbocycles. The van der Waals surface area contributed by atoms with Crippen LogP contribution in [0.25, 0.3) is 0 Å². The maximum absolute atomic E-state index is 10.9. The summed E-state index contributed by atoms with van der Waals surface area (Å²) >= 11 is 0. The van der Waals surface area contributed by atoms with E-state index >= 15 is 0 Å². The van der Waals surface area contributed by atoms with Crippen LogP contribution in [-0.2, 0) is 16.0 Å². The number of carbonyl (C=O) groups excluding carboxylic acids is 1. The van der Waals surface area contributed by atoms with Crippen molar-refractivity contribution in [3.05, 3.63) is 54.4 Å². The number of nitrogens with zero attached hydrogens (tertiary/aromatic N) is 1. The Bertz CT molecular complexity index is 382. The molecule has 0 atom stereocenters. The smallest absolute Gasteiger partial charge is 0.330 e. The van der Waals surface area contributed by atoms with E-state index in [-0.39, 0.29) is 5.97 Å². The highest BCUT2D eigenvalue weighted by molar-refractivity contribution is 5.82. The van der Waals surface area contributed by atoms with Crippen LogP contribution in [0.3, 0.4) is 0 Å². The highest BCUT2D eigenvalue weighted by atomic mass is 16.5. The van der Waals surface area contributed by atoms with Gasteiger partial charge in [-0.1, -0.05) is 24.3 Å². The Labute approximate surface area is 102 Å². The van der Waals surface area contributed by atoms with Gasteiger partial charge in [-0.05, 0) is 31.4 Å². The van der Waals surface area contributed by atoms with Crippen molar-refractivity contribution in [2.45, 2.75) is 19.8 Å². The highest BCUT2D eigenvalue weighted by Gasteiger charge is 1.90. The van der Waals surface area contributed by atoms with E-state index in [1.807, 2.05) is 24.4 Å². The van der Waals surface area contributed by atoms with Gasteiger partial charge in [0.1, 0.15) is 0 Å². The maximum Gasteiger partial charge on any atom is 0.330 e. The monoisotopic (exact) mass is 231 g/mol. The Morgan fingerprint density at radius 3 is 3.06 bits per heavy atom. The molecule has 90 valence electrons. The molecule has 3 nitrogen and oxygen atoms in total. The molecule has 0 bridgehead atoms. The number of hydrogen-bond acceptors (Lipinski definition) is 3. The van der Waals surface area contributed by atoms with Crippen LogP contribution in [0.15, 0.2) is 48.8 Å². The predicted octanol–water partition coefficient (Wildman–Crippen LogP) is 2.69. The van der Waals surface area contributed by atoms with E-state index in [4.69, 9.17) is 4.74 Å². The van der Waals surface area contributed by atoms with Crippen molar-refractivity contribution in [1.29, 1.82) is 0 Å². The summed E-state index contributed by atoms with van der Waals surface area (Å²) in [5.41, 5.74) is 1.21. The van der Waals surface area contributed by atoms with Crippen molar-refractivity contribution in [3.63, 3.8) is 0 Å². The third-order valence-electron chi connectivity index (χ3n) is 2.09. The van der Waals surface area contributed by atoms with Crippen LogP contribution >= 0.6 is 0 Å². The Balaban J connectivity index is 2.21. The van der Waals surface area contributed by atoms with Gasteiger partial charge < -0.3 is 4.74 Å². The fraction of sp³-hybridized carbons (Fsp3) is 0.286. The second kappa shape index (κ2) is 8.28. The normalized spacial score (nSPS) is 11.1. The SMILES string of the molecule is CCOC(=O)/C=C/C=C/CCc1cccnc1. The van der Waals surface area contributed by atoms with E-state index in [2.05, 4.69) is 11.1 Å². The average molecular weight is 231 g/mol. The van der Waals surface area contributed by atoms with E-state index in [0.717, 1.165) is 12.8 Å². The molecule has 0 aliphatic rings. The Morgan fingerprint density at radius 2 is 2.35 bits per heavy atom. The zero-order chi connectivity index (χ0) is 12.3. The summed E-state index contributed by atoms with van der Waals surface area (Å²) in [6.45, 7) is 2.20. The molecule has 1 heterocycles. The number of rotatable bonds is 6. The van der Waals surface area contributed by atoms with Crippen molar-refractivity contribution < 1.29 is 9.53 Å². The van der Waals surface area contributed by atoms with Gasteiger partial charge in [0.25, 0.3) is 0 Å². The fourth-order valence-electron chi connectivity index (χ4n) is 1.30. The standard InChI is InChI=1S/C14H17NO2/c1-2-17-14(16)10-6-4-3-5-8-13-9-7-11-15-12-13/h3-4,6-7,9-12H,2,5,8H2,1H3/b4-3+,10-6+. The summed E-state index contributed by atoms with van der Waals surface area (Å²) in [4.78, 5) is 15.0. The molecular formula is C14H17NO2. The lowest BCUT2D eigenvalue weighted by Gasteiger charge is -1.95. The summed E-state index contributed by atoms with van der Waals surface area (Å²) in [6, 6.07) is 3.98. The Morgan fingerprint density at radius 1 is 1.47 bits per heavy atom. The van der Waals surface area contributed by atoms with Crippen LogP contribution in [-0.4, -0.2) is 17.6 Å². The van der Waals surface area contributed by atoms with E-state index in [1.54, 1.807) is 19.2 Å². The zero-order valence-corrected chi connectivity index (χ0v) is 10.0. The van der Waals surface area contributed by atoms with Crippen molar-refractivity contribution in [2.24, 2.45) is 0 Å². The van der Waals surface area contributed by atoms with Gasteiger partial charge in [-0.2, -0.15) is 0 Å². The first-order chi connectivity index (χ1) is 8.33. The van der Waals surface area contributed by atoms with E-state index in [0.29, 0.717) is 6.61 Å². The minimum absolute atomic E-state index is 0.301. The van der Waals surface area contributed by atoms with E-state index in [1.165, 1.54) is 11.6 Å². The molecule has 1 aromatic heterocycles. The van der Waals surface area contributed by atoms with E-state index < -0.39 is 0 Å². The molecule has 0 unspecified atom stereocenters. The molecule has 3 heteroatoms. The quantitative estimate of drug-likeness (QED) is 0.429. The second-order valence-corrected chi connectivity index (χ2v) is 3.44. The minimum atomic E-state index is -0.301. The molecule has 17 heavy (non-hydrogen) atoms. The Kier molecular flexibility index (Phi) is 6.41. The molecule has 1 aromatic rings. The summed E-state index contributed by atoms with van der Waals surface area (Å²) in [5.74, 6) is -0.301. The molecule has 0 N–H and O–H groups in total. The molecule has 1 rings (SSSR count). The molecule has 0 aliphatic carbocycles. The first-order valence-electron chi connectivity index (χ1n) is 5.71. The summed E-state index contributed by atoms with van der Waals surface area (Å²) < 4.78 is 4.75. The Hall–Kier alpha value is -1.90. The van der Waals surface area contributed by atoms with Gasteiger partial charge in [0.2, 0.25) is 0 Å². The zero-order valence-electron chi connectivity index (χ0n) is 10.0. The molecule has 0 fully saturated rings. The number of aryl methyl sites for hydroxylation is 1. The number of ether oxygens (including phenoxy) is 1. The van der Waals surface area contributed by atoms with Gasteiger partial charge in [0.15, 0.2) is 0 Å². The van der Waals surface area contributed by atoms with Crippen molar-refractivity contribution in [2.75, 3.05) is 6.61 Å². The summed E-state index contributed by atoms with van der Waals surface area (Å²) in [6.07, 6.45) is 12.5. The van der Waals surface area contributed by atoms with Gasteiger partial charge in [0.05, 0.1) is 6.61 Å². The van der Waals surface area contributed by atoms with Crippen LogP contribution < -0.4 is 0 Å². The highest BCUT2D eigenvalue weighted by Crippen LogP contribution is 2.00. The van der Waals surface area contributed by atoms with Gasteiger partial charge in [0, 0.05) is 18.5 Å². The van der Waals surface area contributed by atoms with Gasteiger partial charge in [-0.3, -0.25) is 4.98 Å². The number of allylic oxidation sites excluding steroid dienone is 3. The molecule has 0 amide bonds. The summed E-state index contributed by atoms with van der Waals surface area (Å²) in [7, 11) is 0. The lowest BCUT2D eigenvalue weighted by molar-refractivity contribution is -0.137. The molecule has 0 aliphatic heterocycles. The molecular weight excluding hydrogens is 214 g/mol. The van der Waals surface area contributed by atoms with E-state index in [9.17, 15) is 4.79 Å². The number of pyridine rings is 1. The number of aromatic nitrogens is 1. The van der Waals surface area contributed by atoms with Crippen LogP contribution in [0.4, 0.5) is 0 Å². The van der Waals surface area contributed by atoms with Gasteiger partial charge >= 0.3 is 5.97 Å². The number of esters is 1. The van der Waals surface area contributed by atoms with Crippen molar-refractivity contribution >= 4 is 5.97 Å². The van der Waals surface area contributed by atoms with Crippen LogP contribution in [0.1, 0.15) is 18.9 Å². The van der Waals surface area contributed by atoms with Gasteiger partial charge in [-0.25, -0.2) is 4.79 Å². The first kappa shape index (κ1) is 13.2. The lowest BCUT2D eigenvalue weighted by Crippen LogP contribution is -1.98. The maximum atomic E-state index is 10.9. The largest absolute Gasteiger partial charge is 0.463 e. The third-order valence-corrected chi connectivity index (χ3v) is 2.09. The number of carbonyl (C=O) groups is 1. The second-order valence-electron chi connectivity index (χ2n) is 3.44. The first-order valence-corrected chi connectivity index (χ1v) is 5.71. The topological polar surface area (TPSA) is 39.2 Å². The molecule has 0 radical (unpaired) electrons. The molecule has 0 spiro atoms. The van der Waals surface area contributed by atoms with Crippen molar-refractivity contribution in [1.82, 2.24) is 4.98 Å². The predicted molar refractivity (Wildman–Crippen MR) is 67.5 cm³/mol. The van der Waals surface area contributed by atoms with Crippen molar-refractivity contribution in [3.8, 4) is 0 Å². The summed E-state index contributed by atoms with van der Waals surface area (Å²) in [5, 5.41) is 0. The van der Waals surface area contributed by atoms with Crippen LogP contribution in [0.5, 0.6) is 0 Å². The van der Waals surface area contributed by atoms with Gasteiger partial charge in [-0.15, -0.1) is 0 Å². The third kappa shape index (κ3) is 6.30. The molecule has 0 aromatic carbocycles. The number of hydrogen-bond donors (Lipinski definition) is 0. The molecule has 0 saturated heterocycles.